The lowest BCUT2D eigenvalue weighted by Gasteiger charge is -2.19. The van der Waals surface area contributed by atoms with Gasteiger partial charge in [-0.05, 0) is 50.5 Å². The number of rotatable bonds is 4. The van der Waals surface area contributed by atoms with E-state index in [2.05, 4.69) is 32.3 Å². The molecular weight excluding hydrogens is 260 g/mol. The molecule has 1 aliphatic rings. The van der Waals surface area contributed by atoms with Crippen LogP contribution < -0.4 is 10.2 Å². The Hall–Kier alpha value is -2.10. The largest absolute Gasteiger partial charge is 0.371 e. The molecule has 0 bridgehead atoms. The van der Waals surface area contributed by atoms with Gasteiger partial charge in [-0.2, -0.15) is 0 Å². The van der Waals surface area contributed by atoms with Crippen LogP contribution in [-0.4, -0.2) is 29.6 Å². The maximum atomic E-state index is 4.49. The summed E-state index contributed by atoms with van der Waals surface area (Å²) in [5.74, 6) is 1.65. The zero-order valence-electron chi connectivity index (χ0n) is 12.7. The molecule has 21 heavy (non-hydrogen) atoms. The van der Waals surface area contributed by atoms with Gasteiger partial charge < -0.3 is 10.2 Å². The zero-order chi connectivity index (χ0) is 14.7. The highest BCUT2D eigenvalue weighted by atomic mass is 15.2. The number of hydrogen-bond acceptors (Lipinski definition) is 4. The van der Waals surface area contributed by atoms with Gasteiger partial charge in [0.05, 0.1) is 0 Å². The van der Waals surface area contributed by atoms with E-state index in [1.165, 1.54) is 12.1 Å². The van der Waals surface area contributed by atoms with Crippen molar-refractivity contribution in [2.45, 2.75) is 20.3 Å². The molecule has 110 valence electrons. The van der Waals surface area contributed by atoms with Crippen LogP contribution in [0.25, 0.3) is 0 Å². The van der Waals surface area contributed by atoms with E-state index < -0.39 is 0 Å². The Labute approximate surface area is 126 Å². The molecule has 2 aromatic heterocycles. The molecule has 0 aliphatic carbocycles. The van der Waals surface area contributed by atoms with Crippen LogP contribution >= 0.6 is 0 Å². The molecule has 2 aromatic rings. The van der Waals surface area contributed by atoms with Crippen molar-refractivity contribution >= 4 is 11.5 Å². The summed E-state index contributed by atoms with van der Waals surface area (Å²) in [6.45, 7) is 7.27. The molecule has 4 nitrogen and oxygen atoms in total. The molecule has 0 aromatic carbocycles. The summed E-state index contributed by atoms with van der Waals surface area (Å²) in [6, 6.07) is 10.4. The number of nitrogens with zero attached hydrogens (tertiary/aromatic N) is 3. The smallest absolute Gasteiger partial charge is 0.126 e. The van der Waals surface area contributed by atoms with Crippen molar-refractivity contribution in [1.82, 2.24) is 9.97 Å². The Morgan fingerprint density at radius 2 is 2.14 bits per heavy atom. The van der Waals surface area contributed by atoms with Crippen molar-refractivity contribution in [3.8, 4) is 0 Å². The first kappa shape index (κ1) is 13.9. The van der Waals surface area contributed by atoms with Gasteiger partial charge in [0.25, 0.3) is 0 Å². The topological polar surface area (TPSA) is 41.0 Å². The number of aromatic nitrogens is 2. The third-order valence-corrected chi connectivity index (χ3v) is 3.99. The van der Waals surface area contributed by atoms with Crippen molar-refractivity contribution in [3.63, 3.8) is 0 Å². The van der Waals surface area contributed by atoms with Crippen LogP contribution in [0.3, 0.4) is 0 Å². The van der Waals surface area contributed by atoms with Crippen LogP contribution in [0, 0.1) is 19.8 Å². The van der Waals surface area contributed by atoms with Crippen molar-refractivity contribution in [1.29, 1.82) is 0 Å². The normalized spacial score (nSPS) is 18.0. The highest BCUT2D eigenvalue weighted by Gasteiger charge is 2.22. The van der Waals surface area contributed by atoms with Gasteiger partial charge >= 0.3 is 0 Å². The Bertz CT molecular complexity index is 611. The Morgan fingerprint density at radius 1 is 1.24 bits per heavy atom. The maximum Gasteiger partial charge on any atom is 0.126 e. The minimum atomic E-state index is 0.667. The molecule has 0 amide bonds. The number of anilines is 2. The van der Waals surface area contributed by atoms with Crippen LogP contribution in [0.1, 0.15) is 17.8 Å². The lowest BCUT2D eigenvalue weighted by atomic mass is 10.1. The Balaban J connectivity index is 1.55. The highest BCUT2D eigenvalue weighted by Crippen LogP contribution is 2.24. The minimum Gasteiger partial charge on any atom is -0.371 e. The van der Waals surface area contributed by atoms with Crippen molar-refractivity contribution in [3.05, 3.63) is 47.9 Å². The van der Waals surface area contributed by atoms with Gasteiger partial charge in [-0.25, -0.2) is 4.98 Å². The molecule has 1 fully saturated rings. The molecule has 4 heteroatoms. The summed E-state index contributed by atoms with van der Waals surface area (Å²) in [5, 5.41) is 3.46. The molecule has 0 radical (unpaired) electrons. The third kappa shape index (κ3) is 3.51. The SMILES string of the molecule is Cc1cc(N2CCC(CNc3cccc(C)n3)C2)ccn1. The summed E-state index contributed by atoms with van der Waals surface area (Å²) >= 11 is 0. The number of nitrogens with one attached hydrogen (secondary N) is 1. The molecule has 1 atom stereocenters. The van der Waals surface area contributed by atoms with Gasteiger partial charge in [-0.3, -0.25) is 4.98 Å². The fraction of sp³-hybridized carbons (Fsp3) is 0.412. The highest BCUT2D eigenvalue weighted by molar-refractivity contribution is 5.47. The fourth-order valence-corrected chi connectivity index (χ4v) is 2.85. The standard InChI is InChI=1S/C17H22N4/c1-13-4-3-5-17(20-13)19-11-15-7-9-21(12-15)16-6-8-18-14(2)10-16/h3-6,8,10,15H,7,9,11-12H2,1-2H3,(H,19,20). The predicted molar refractivity (Wildman–Crippen MR) is 86.8 cm³/mol. The lowest BCUT2D eigenvalue weighted by molar-refractivity contribution is 0.621. The minimum absolute atomic E-state index is 0.667. The summed E-state index contributed by atoms with van der Waals surface area (Å²) in [6.07, 6.45) is 3.12. The van der Waals surface area contributed by atoms with Crippen LogP contribution in [-0.2, 0) is 0 Å². The molecule has 1 unspecified atom stereocenters. The van der Waals surface area contributed by atoms with E-state index in [1.54, 1.807) is 0 Å². The summed E-state index contributed by atoms with van der Waals surface area (Å²) in [7, 11) is 0. The van der Waals surface area contributed by atoms with Crippen LogP contribution in [0.4, 0.5) is 11.5 Å². The van der Waals surface area contributed by atoms with Gasteiger partial charge in [-0.15, -0.1) is 0 Å². The molecule has 0 saturated carbocycles. The van der Waals surface area contributed by atoms with E-state index in [4.69, 9.17) is 0 Å². The Morgan fingerprint density at radius 3 is 2.95 bits per heavy atom. The quantitative estimate of drug-likeness (QED) is 0.936. The van der Waals surface area contributed by atoms with Gasteiger partial charge in [0.2, 0.25) is 0 Å². The monoisotopic (exact) mass is 282 g/mol. The second-order valence-electron chi connectivity index (χ2n) is 5.80. The maximum absolute atomic E-state index is 4.49. The van der Waals surface area contributed by atoms with Crippen LogP contribution in [0.2, 0.25) is 0 Å². The zero-order valence-corrected chi connectivity index (χ0v) is 12.7. The molecule has 3 rings (SSSR count). The molecular formula is C17H22N4. The number of pyridine rings is 2. The third-order valence-electron chi connectivity index (χ3n) is 3.99. The lowest BCUT2D eigenvalue weighted by Crippen LogP contribution is -2.22. The average molecular weight is 282 g/mol. The van der Waals surface area contributed by atoms with Crippen molar-refractivity contribution in [2.75, 3.05) is 29.9 Å². The van der Waals surface area contributed by atoms with Crippen LogP contribution in [0.15, 0.2) is 36.5 Å². The van der Waals surface area contributed by atoms with E-state index >= 15 is 0 Å². The van der Waals surface area contributed by atoms with Gasteiger partial charge in [-0.1, -0.05) is 6.07 Å². The first-order valence-electron chi connectivity index (χ1n) is 7.56. The fourth-order valence-electron chi connectivity index (χ4n) is 2.85. The number of aryl methyl sites for hydroxylation is 2. The first-order chi connectivity index (χ1) is 10.2. The van der Waals surface area contributed by atoms with E-state index in [9.17, 15) is 0 Å². The Kier molecular flexibility index (Phi) is 4.04. The molecule has 1 N–H and O–H groups in total. The predicted octanol–water partition coefficient (Wildman–Crippen LogP) is 3.03. The second-order valence-corrected chi connectivity index (χ2v) is 5.80. The van der Waals surface area contributed by atoms with E-state index in [0.29, 0.717) is 5.92 Å². The van der Waals surface area contributed by atoms with Gasteiger partial charge in [0.15, 0.2) is 0 Å². The second kappa shape index (κ2) is 6.12. The van der Waals surface area contributed by atoms with Gasteiger partial charge in [0, 0.05) is 42.9 Å². The van der Waals surface area contributed by atoms with E-state index in [1.807, 2.05) is 38.2 Å². The first-order valence-corrected chi connectivity index (χ1v) is 7.56. The van der Waals surface area contributed by atoms with E-state index in [-0.39, 0.29) is 0 Å². The molecule has 1 aliphatic heterocycles. The average Bonchev–Trinajstić information content (AvgIpc) is 2.94. The van der Waals surface area contributed by atoms with Crippen molar-refractivity contribution < 1.29 is 0 Å². The summed E-state index contributed by atoms with van der Waals surface area (Å²) in [4.78, 5) is 11.2. The molecule has 0 spiro atoms. The molecule has 3 heterocycles. The van der Waals surface area contributed by atoms with Gasteiger partial charge in [0.1, 0.15) is 5.82 Å². The molecule has 1 saturated heterocycles. The van der Waals surface area contributed by atoms with E-state index in [0.717, 1.165) is 36.8 Å². The summed E-state index contributed by atoms with van der Waals surface area (Å²) < 4.78 is 0. The van der Waals surface area contributed by atoms with Crippen molar-refractivity contribution in [2.24, 2.45) is 5.92 Å². The summed E-state index contributed by atoms with van der Waals surface area (Å²) in [5.41, 5.74) is 3.43. The van der Waals surface area contributed by atoms with Crippen LogP contribution in [0.5, 0.6) is 0 Å². The number of hydrogen-bond donors (Lipinski definition) is 1.